The Balaban J connectivity index is 1.86. The van der Waals surface area contributed by atoms with Gasteiger partial charge in [0.15, 0.2) is 5.96 Å². The molecule has 1 saturated heterocycles. The summed E-state index contributed by atoms with van der Waals surface area (Å²) in [6.07, 6.45) is 2.71. The van der Waals surface area contributed by atoms with E-state index in [-0.39, 0.29) is 11.9 Å². The molecule has 1 aromatic rings. The highest BCUT2D eigenvalue weighted by atomic mass is 16.5. The van der Waals surface area contributed by atoms with Crippen LogP contribution >= 0.6 is 0 Å². The van der Waals surface area contributed by atoms with Gasteiger partial charge in [0, 0.05) is 26.1 Å². The predicted octanol–water partition coefficient (Wildman–Crippen LogP) is 3.35. The fraction of sp³-hybridized carbons (Fsp3) is 0.636. The van der Waals surface area contributed by atoms with Crippen LogP contribution in [-0.4, -0.2) is 49.6 Å². The van der Waals surface area contributed by atoms with Gasteiger partial charge in [-0.2, -0.15) is 0 Å². The van der Waals surface area contributed by atoms with Crippen molar-refractivity contribution in [3.8, 4) is 5.75 Å². The minimum absolute atomic E-state index is 0.103. The molecule has 1 amide bonds. The minimum Gasteiger partial charge on any atom is -0.493 e. The Morgan fingerprint density at radius 2 is 1.86 bits per heavy atom. The second kappa shape index (κ2) is 11.6. The summed E-state index contributed by atoms with van der Waals surface area (Å²) in [7, 11) is 0. The summed E-state index contributed by atoms with van der Waals surface area (Å²) < 4.78 is 5.75. The first kappa shape index (κ1) is 22.1. The molecule has 0 aromatic heterocycles. The number of carbonyl (C=O) groups is 1. The second-order valence-electron chi connectivity index (χ2n) is 7.74. The van der Waals surface area contributed by atoms with Crippen LogP contribution in [0.25, 0.3) is 0 Å². The molecule has 1 fully saturated rings. The number of ether oxygens (including phenoxy) is 1. The van der Waals surface area contributed by atoms with E-state index in [2.05, 4.69) is 48.5 Å². The van der Waals surface area contributed by atoms with Gasteiger partial charge in [-0.1, -0.05) is 26.0 Å². The summed E-state index contributed by atoms with van der Waals surface area (Å²) in [5, 5.41) is 6.68. The number of amides is 1. The number of aliphatic imine (C=N–C) groups is 1. The molecule has 6 nitrogen and oxygen atoms in total. The Labute approximate surface area is 169 Å². The van der Waals surface area contributed by atoms with Crippen LogP contribution < -0.4 is 15.4 Å². The number of hydrogen-bond donors (Lipinski definition) is 2. The van der Waals surface area contributed by atoms with Gasteiger partial charge in [0.25, 0.3) is 0 Å². The van der Waals surface area contributed by atoms with Crippen molar-refractivity contribution in [2.45, 2.75) is 53.0 Å². The number of hydrogen-bond acceptors (Lipinski definition) is 3. The summed E-state index contributed by atoms with van der Waals surface area (Å²) in [6, 6.07) is 8.27. The molecule has 1 atom stereocenters. The van der Waals surface area contributed by atoms with E-state index >= 15 is 0 Å². The quantitative estimate of drug-likeness (QED) is 0.503. The number of carbonyl (C=O) groups excluding carboxylic acids is 1. The van der Waals surface area contributed by atoms with Gasteiger partial charge in [-0.3, -0.25) is 9.79 Å². The van der Waals surface area contributed by atoms with Crippen molar-refractivity contribution in [2.24, 2.45) is 10.9 Å². The first-order chi connectivity index (χ1) is 13.5. The molecule has 0 aliphatic carbocycles. The van der Waals surface area contributed by atoms with E-state index in [4.69, 9.17) is 4.74 Å². The molecule has 0 saturated carbocycles. The lowest BCUT2D eigenvalue weighted by Crippen LogP contribution is -2.39. The number of guanidine groups is 1. The van der Waals surface area contributed by atoms with E-state index in [0.717, 1.165) is 56.4 Å². The van der Waals surface area contributed by atoms with Crippen LogP contribution in [-0.2, 0) is 4.79 Å². The monoisotopic (exact) mass is 388 g/mol. The molecule has 28 heavy (non-hydrogen) atoms. The SMILES string of the molecule is CCNC(=NCCC(=O)N1CCCC1)NC(C)c1ccc(OCC(C)C)cc1. The molecule has 1 unspecified atom stereocenters. The molecule has 1 aromatic carbocycles. The Bertz CT molecular complexity index is 622. The average Bonchev–Trinajstić information content (AvgIpc) is 3.21. The van der Waals surface area contributed by atoms with Gasteiger partial charge < -0.3 is 20.3 Å². The average molecular weight is 389 g/mol. The van der Waals surface area contributed by atoms with Crippen LogP contribution in [0.15, 0.2) is 29.3 Å². The molecular formula is C22H36N4O2. The van der Waals surface area contributed by atoms with E-state index < -0.39 is 0 Å². The summed E-state index contributed by atoms with van der Waals surface area (Å²) in [5.74, 6) is 2.36. The highest BCUT2D eigenvalue weighted by molar-refractivity contribution is 5.81. The minimum atomic E-state index is 0.103. The molecule has 0 bridgehead atoms. The molecule has 0 radical (unpaired) electrons. The lowest BCUT2D eigenvalue weighted by atomic mass is 10.1. The number of nitrogens with one attached hydrogen (secondary N) is 2. The lowest BCUT2D eigenvalue weighted by molar-refractivity contribution is -0.129. The van der Waals surface area contributed by atoms with Gasteiger partial charge in [0.2, 0.25) is 5.91 Å². The van der Waals surface area contributed by atoms with Gasteiger partial charge >= 0.3 is 0 Å². The van der Waals surface area contributed by atoms with Gasteiger partial charge in [-0.15, -0.1) is 0 Å². The van der Waals surface area contributed by atoms with Crippen molar-refractivity contribution in [3.63, 3.8) is 0 Å². The van der Waals surface area contributed by atoms with Crippen molar-refractivity contribution >= 4 is 11.9 Å². The topological polar surface area (TPSA) is 66.0 Å². The number of rotatable bonds is 9. The Morgan fingerprint density at radius 3 is 2.46 bits per heavy atom. The van der Waals surface area contributed by atoms with Crippen LogP contribution in [0.3, 0.4) is 0 Å². The third kappa shape index (κ3) is 7.41. The Morgan fingerprint density at radius 1 is 1.18 bits per heavy atom. The van der Waals surface area contributed by atoms with Gasteiger partial charge in [-0.05, 0) is 50.3 Å². The van der Waals surface area contributed by atoms with Gasteiger partial charge in [0.05, 0.1) is 19.2 Å². The standard InChI is InChI=1S/C22H36N4O2/c1-5-23-22(24-13-12-21(27)26-14-6-7-15-26)25-18(4)19-8-10-20(11-9-19)28-16-17(2)3/h8-11,17-18H,5-7,12-16H2,1-4H3,(H2,23,24,25). The van der Waals surface area contributed by atoms with E-state index in [9.17, 15) is 4.79 Å². The maximum Gasteiger partial charge on any atom is 0.224 e. The molecule has 0 spiro atoms. The lowest BCUT2D eigenvalue weighted by Gasteiger charge is -2.19. The molecule has 2 rings (SSSR count). The molecule has 1 aliphatic rings. The zero-order valence-electron chi connectivity index (χ0n) is 17.8. The van der Waals surface area contributed by atoms with E-state index in [1.807, 2.05) is 24.0 Å². The molecule has 2 N–H and O–H groups in total. The first-order valence-corrected chi connectivity index (χ1v) is 10.5. The van der Waals surface area contributed by atoms with Crippen molar-refractivity contribution < 1.29 is 9.53 Å². The maximum atomic E-state index is 12.2. The maximum absolute atomic E-state index is 12.2. The zero-order chi connectivity index (χ0) is 20.4. The summed E-state index contributed by atoms with van der Waals surface area (Å²) >= 11 is 0. The van der Waals surface area contributed by atoms with Crippen LogP contribution in [0.5, 0.6) is 5.75 Å². The van der Waals surface area contributed by atoms with Crippen LogP contribution in [0.1, 0.15) is 58.6 Å². The fourth-order valence-corrected chi connectivity index (χ4v) is 3.11. The molecular weight excluding hydrogens is 352 g/mol. The molecule has 1 aliphatic heterocycles. The predicted molar refractivity (Wildman–Crippen MR) is 115 cm³/mol. The normalized spacial score (nSPS) is 15.6. The van der Waals surface area contributed by atoms with Crippen molar-refractivity contribution in [1.29, 1.82) is 0 Å². The number of nitrogens with zero attached hydrogens (tertiary/aromatic N) is 2. The highest BCUT2D eigenvalue weighted by Gasteiger charge is 2.17. The summed E-state index contributed by atoms with van der Waals surface area (Å²) in [6.45, 7) is 12.2. The van der Waals surface area contributed by atoms with Gasteiger partial charge in [0.1, 0.15) is 5.75 Å². The fourth-order valence-electron chi connectivity index (χ4n) is 3.11. The number of benzene rings is 1. The Kier molecular flexibility index (Phi) is 9.11. The van der Waals surface area contributed by atoms with Crippen LogP contribution in [0, 0.1) is 5.92 Å². The van der Waals surface area contributed by atoms with Crippen LogP contribution in [0.4, 0.5) is 0 Å². The van der Waals surface area contributed by atoms with Crippen LogP contribution in [0.2, 0.25) is 0 Å². The zero-order valence-corrected chi connectivity index (χ0v) is 17.8. The summed E-state index contributed by atoms with van der Waals surface area (Å²) in [4.78, 5) is 18.7. The smallest absolute Gasteiger partial charge is 0.224 e. The molecule has 156 valence electrons. The van der Waals surface area contributed by atoms with Crippen molar-refractivity contribution in [1.82, 2.24) is 15.5 Å². The second-order valence-corrected chi connectivity index (χ2v) is 7.74. The van der Waals surface area contributed by atoms with E-state index in [0.29, 0.717) is 18.9 Å². The van der Waals surface area contributed by atoms with E-state index in [1.165, 1.54) is 0 Å². The van der Waals surface area contributed by atoms with Crippen molar-refractivity contribution in [2.75, 3.05) is 32.8 Å². The number of likely N-dealkylation sites (tertiary alicyclic amines) is 1. The van der Waals surface area contributed by atoms with Gasteiger partial charge in [-0.25, -0.2) is 0 Å². The molecule has 6 heteroatoms. The molecule has 1 heterocycles. The highest BCUT2D eigenvalue weighted by Crippen LogP contribution is 2.18. The third-order valence-electron chi connectivity index (χ3n) is 4.72. The Hall–Kier alpha value is -2.24. The van der Waals surface area contributed by atoms with Crippen molar-refractivity contribution in [3.05, 3.63) is 29.8 Å². The summed E-state index contributed by atoms with van der Waals surface area (Å²) in [5.41, 5.74) is 1.16. The van der Waals surface area contributed by atoms with E-state index in [1.54, 1.807) is 0 Å². The largest absolute Gasteiger partial charge is 0.493 e. The third-order valence-corrected chi connectivity index (χ3v) is 4.72. The first-order valence-electron chi connectivity index (χ1n) is 10.5.